The summed E-state index contributed by atoms with van der Waals surface area (Å²) in [5.74, 6) is -0.236. The van der Waals surface area contributed by atoms with Crippen LogP contribution < -0.4 is 11.1 Å². The number of primary amides is 1. The highest BCUT2D eigenvalue weighted by molar-refractivity contribution is 6.36. The van der Waals surface area contributed by atoms with E-state index in [9.17, 15) is 4.79 Å². The zero-order valence-electron chi connectivity index (χ0n) is 13.1. The quantitative estimate of drug-likeness (QED) is 0.520. The highest BCUT2D eigenvalue weighted by Crippen LogP contribution is 2.28. The van der Waals surface area contributed by atoms with E-state index in [-0.39, 0.29) is 17.2 Å². The van der Waals surface area contributed by atoms with Gasteiger partial charge in [-0.2, -0.15) is 5.10 Å². The normalized spacial score (nSPS) is 11.0. The molecule has 2 aromatic carbocycles. The minimum Gasteiger partial charge on any atom is -0.365 e. The number of aromatic amines is 1. The molecule has 0 unspecified atom stereocenters. The molecule has 3 rings (SSSR count). The van der Waals surface area contributed by atoms with Crippen LogP contribution in [0.25, 0.3) is 0 Å². The first-order chi connectivity index (χ1) is 12.4. The average Bonchev–Trinajstić information content (AvgIpc) is 2.97. The van der Waals surface area contributed by atoms with E-state index in [1.807, 2.05) is 0 Å². The lowest BCUT2D eigenvalue weighted by atomic mass is 10.2. The van der Waals surface area contributed by atoms with E-state index in [2.05, 4.69) is 20.5 Å². The van der Waals surface area contributed by atoms with Gasteiger partial charge in [-0.15, -0.1) is 0 Å². The smallest absolute Gasteiger partial charge is 0.256 e. The second-order valence-corrected chi connectivity index (χ2v) is 6.50. The number of hydrogen-bond donors (Lipinski definition) is 3. The molecular formula is C17H12Cl3N5O. The maximum absolute atomic E-state index is 11.9. The predicted octanol–water partition coefficient (Wildman–Crippen LogP) is 4.96. The third-order valence-corrected chi connectivity index (χ3v) is 4.17. The van der Waals surface area contributed by atoms with Crippen molar-refractivity contribution in [1.82, 2.24) is 10.2 Å². The van der Waals surface area contributed by atoms with Crippen molar-refractivity contribution in [2.24, 2.45) is 10.7 Å². The van der Waals surface area contributed by atoms with Crippen LogP contribution >= 0.6 is 34.8 Å². The highest BCUT2D eigenvalue weighted by atomic mass is 35.5. The molecule has 0 saturated carbocycles. The molecule has 26 heavy (non-hydrogen) atoms. The van der Waals surface area contributed by atoms with E-state index >= 15 is 0 Å². The van der Waals surface area contributed by atoms with Crippen molar-refractivity contribution in [3.05, 3.63) is 68.7 Å². The van der Waals surface area contributed by atoms with Crippen LogP contribution in [-0.4, -0.2) is 22.3 Å². The number of nitrogens with two attached hydrogens (primary N) is 1. The molecule has 4 N–H and O–H groups in total. The van der Waals surface area contributed by atoms with Gasteiger partial charge in [0, 0.05) is 27.5 Å². The molecule has 1 amide bonds. The van der Waals surface area contributed by atoms with Gasteiger partial charge >= 0.3 is 0 Å². The first kappa shape index (κ1) is 18.3. The van der Waals surface area contributed by atoms with Crippen LogP contribution in [0.3, 0.4) is 0 Å². The first-order valence-electron chi connectivity index (χ1n) is 7.34. The van der Waals surface area contributed by atoms with Gasteiger partial charge in [-0.1, -0.05) is 46.9 Å². The zero-order valence-corrected chi connectivity index (χ0v) is 15.4. The van der Waals surface area contributed by atoms with Crippen LogP contribution in [0.5, 0.6) is 0 Å². The van der Waals surface area contributed by atoms with E-state index in [0.29, 0.717) is 26.3 Å². The first-order valence-corrected chi connectivity index (χ1v) is 8.47. The van der Waals surface area contributed by atoms with Gasteiger partial charge in [0.25, 0.3) is 5.91 Å². The SMILES string of the molecule is NC(=O)c1c(Nc2cccc(Cl)c2)n[nH]c1/N=C/c1ccc(Cl)cc1Cl. The molecule has 0 atom stereocenters. The average molecular weight is 409 g/mol. The molecule has 3 aromatic rings. The zero-order chi connectivity index (χ0) is 18.7. The number of benzene rings is 2. The molecule has 9 heteroatoms. The molecule has 0 aliphatic carbocycles. The molecule has 1 heterocycles. The lowest BCUT2D eigenvalue weighted by Crippen LogP contribution is -2.12. The second kappa shape index (κ2) is 7.78. The molecular weight excluding hydrogens is 397 g/mol. The number of nitrogens with zero attached hydrogens (tertiary/aromatic N) is 2. The molecule has 0 spiro atoms. The monoisotopic (exact) mass is 407 g/mol. The Balaban J connectivity index is 1.92. The van der Waals surface area contributed by atoms with Crippen LogP contribution in [0.1, 0.15) is 15.9 Å². The van der Waals surface area contributed by atoms with E-state index < -0.39 is 5.91 Å². The Morgan fingerprint density at radius 3 is 2.62 bits per heavy atom. The minimum absolute atomic E-state index is 0.117. The van der Waals surface area contributed by atoms with Crippen molar-refractivity contribution in [2.75, 3.05) is 5.32 Å². The lowest BCUT2D eigenvalue weighted by molar-refractivity contribution is 0.100. The van der Waals surface area contributed by atoms with Gasteiger partial charge in [0.2, 0.25) is 0 Å². The van der Waals surface area contributed by atoms with Gasteiger partial charge in [-0.05, 0) is 30.3 Å². The van der Waals surface area contributed by atoms with Gasteiger partial charge in [-0.25, -0.2) is 4.99 Å². The lowest BCUT2D eigenvalue weighted by Gasteiger charge is -2.05. The second-order valence-electron chi connectivity index (χ2n) is 5.22. The molecule has 0 saturated heterocycles. The molecule has 132 valence electrons. The summed E-state index contributed by atoms with van der Waals surface area (Å²) in [4.78, 5) is 16.1. The van der Waals surface area contributed by atoms with Crippen molar-refractivity contribution in [1.29, 1.82) is 0 Å². The fourth-order valence-corrected chi connectivity index (χ4v) is 2.84. The van der Waals surface area contributed by atoms with Gasteiger partial charge in [0.15, 0.2) is 11.6 Å². The molecule has 6 nitrogen and oxygen atoms in total. The number of hydrogen-bond acceptors (Lipinski definition) is 4. The van der Waals surface area contributed by atoms with Gasteiger partial charge in [-0.3, -0.25) is 9.89 Å². The Kier molecular flexibility index (Phi) is 5.46. The highest BCUT2D eigenvalue weighted by Gasteiger charge is 2.18. The van der Waals surface area contributed by atoms with E-state index in [1.54, 1.807) is 42.5 Å². The summed E-state index contributed by atoms with van der Waals surface area (Å²) in [5.41, 5.74) is 6.88. The van der Waals surface area contributed by atoms with Crippen molar-refractivity contribution >= 4 is 64.2 Å². The fraction of sp³-hybridized carbons (Fsp3) is 0. The summed E-state index contributed by atoms with van der Waals surface area (Å²) >= 11 is 17.9. The maximum atomic E-state index is 11.9. The van der Waals surface area contributed by atoms with Crippen molar-refractivity contribution in [2.45, 2.75) is 0 Å². The third-order valence-electron chi connectivity index (χ3n) is 3.38. The number of amides is 1. The number of H-pyrrole nitrogens is 1. The fourth-order valence-electron chi connectivity index (χ4n) is 2.19. The van der Waals surface area contributed by atoms with Crippen LogP contribution in [0.2, 0.25) is 15.1 Å². The van der Waals surface area contributed by atoms with E-state index in [4.69, 9.17) is 40.5 Å². The Morgan fingerprint density at radius 1 is 1.15 bits per heavy atom. The topological polar surface area (TPSA) is 96.2 Å². The minimum atomic E-state index is -0.683. The number of aliphatic imine (C=N–C) groups is 1. The van der Waals surface area contributed by atoms with E-state index in [1.165, 1.54) is 6.21 Å². The Hall–Kier alpha value is -2.54. The number of carbonyl (C=O) groups is 1. The van der Waals surface area contributed by atoms with Gasteiger partial charge in [0.05, 0.1) is 5.02 Å². The van der Waals surface area contributed by atoms with Gasteiger partial charge in [0.1, 0.15) is 5.56 Å². The number of rotatable bonds is 5. The van der Waals surface area contributed by atoms with Crippen molar-refractivity contribution in [3.63, 3.8) is 0 Å². The number of carbonyl (C=O) groups excluding carboxylic acids is 1. The summed E-state index contributed by atoms with van der Waals surface area (Å²) in [6, 6.07) is 12.0. The van der Waals surface area contributed by atoms with Crippen LogP contribution in [0.4, 0.5) is 17.3 Å². The molecule has 0 aliphatic heterocycles. The number of halogens is 3. The number of nitrogens with one attached hydrogen (secondary N) is 2. The molecule has 0 bridgehead atoms. The Bertz CT molecular complexity index is 1000. The molecule has 0 fully saturated rings. The summed E-state index contributed by atoms with van der Waals surface area (Å²) in [5, 5.41) is 11.2. The van der Waals surface area contributed by atoms with E-state index in [0.717, 1.165) is 0 Å². The Morgan fingerprint density at radius 2 is 1.92 bits per heavy atom. The van der Waals surface area contributed by atoms with Crippen LogP contribution in [0, 0.1) is 0 Å². The molecule has 1 aromatic heterocycles. The molecule has 0 aliphatic rings. The third kappa shape index (κ3) is 4.16. The molecule has 0 radical (unpaired) electrons. The number of anilines is 2. The summed E-state index contributed by atoms with van der Waals surface area (Å²) in [6.45, 7) is 0. The summed E-state index contributed by atoms with van der Waals surface area (Å²) in [6.07, 6.45) is 1.49. The van der Waals surface area contributed by atoms with Crippen LogP contribution in [-0.2, 0) is 0 Å². The summed E-state index contributed by atoms with van der Waals surface area (Å²) in [7, 11) is 0. The van der Waals surface area contributed by atoms with Gasteiger partial charge < -0.3 is 11.1 Å². The van der Waals surface area contributed by atoms with Crippen molar-refractivity contribution < 1.29 is 4.79 Å². The Labute approximate surface area is 164 Å². The maximum Gasteiger partial charge on any atom is 0.256 e. The van der Waals surface area contributed by atoms with Crippen molar-refractivity contribution in [3.8, 4) is 0 Å². The predicted molar refractivity (Wildman–Crippen MR) is 106 cm³/mol. The van der Waals surface area contributed by atoms with Crippen LogP contribution in [0.15, 0.2) is 47.5 Å². The summed E-state index contributed by atoms with van der Waals surface area (Å²) < 4.78 is 0. The number of aromatic nitrogens is 2. The largest absolute Gasteiger partial charge is 0.365 e. The standard InChI is InChI=1S/C17H12Cl3N5O/c18-10-2-1-3-12(6-10)23-17-14(15(21)26)16(24-25-17)22-8-9-4-5-11(19)7-13(9)20/h1-8H,(H2,21,26)(H2,23,24,25)/b22-8+.